The number of methoxy groups -OCH3 is 1. The van der Waals surface area contributed by atoms with Gasteiger partial charge in [-0.05, 0) is 29.7 Å². The third kappa shape index (κ3) is 2.26. The van der Waals surface area contributed by atoms with E-state index < -0.39 is 18.0 Å². The van der Waals surface area contributed by atoms with Gasteiger partial charge in [0.1, 0.15) is 6.04 Å². The van der Waals surface area contributed by atoms with Crippen LogP contribution in [0.3, 0.4) is 0 Å². The van der Waals surface area contributed by atoms with Gasteiger partial charge in [-0.15, -0.1) is 0 Å². The number of hydrogen-bond donors (Lipinski definition) is 2. The van der Waals surface area contributed by atoms with E-state index in [4.69, 9.17) is 9.84 Å². The summed E-state index contributed by atoms with van der Waals surface area (Å²) in [4.78, 5) is 22.6. The lowest BCUT2D eigenvalue weighted by molar-refractivity contribution is -0.139. The van der Waals surface area contributed by atoms with Gasteiger partial charge in [0.05, 0.1) is 12.7 Å². The molecule has 0 amide bonds. The van der Waals surface area contributed by atoms with Crippen molar-refractivity contribution in [1.29, 1.82) is 0 Å². The number of benzene rings is 1. The molecule has 6 heteroatoms. The molecule has 0 saturated heterocycles. The number of aliphatic carboxylic acids is 1. The van der Waals surface area contributed by atoms with Crippen LogP contribution in [0.15, 0.2) is 16.6 Å². The van der Waals surface area contributed by atoms with E-state index in [1.54, 1.807) is 12.1 Å². The van der Waals surface area contributed by atoms with Gasteiger partial charge in [-0.3, -0.25) is 10.1 Å². The number of ether oxygens (including phenoxy) is 1. The molecule has 0 spiro atoms. The average molecular weight is 314 g/mol. The molecule has 5 nitrogen and oxygen atoms in total. The maximum Gasteiger partial charge on any atom is 0.338 e. The minimum atomic E-state index is -0.893. The van der Waals surface area contributed by atoms with E-state index in [2.05, 4.69) is 21.2 Å². The quantitative estimate of drug-likeness (QED) is 0.806. The molecule has 0 bridgehead atoms. The number of halogens is 1. The highest BCUT2D eigenvalue weighted by Gasteiger charge is 2.28. The molecule has 1 aromatic carbocycles. The molecule has 1 aromatic rings. The van der Waals surface area contributed by atoms with Crippen LogP contribution in [0.1, 0.15) is 21.5 Å². The van der Waals surface area contributed by atoms with Gasteiger partial charge in [0.25, 0.3) is 0 Å². The van der Waals surface area contributed by atoms with E-state index in [0.717, 1.165) is 15.6 Å². The predicted molar refractivity (Wildman–Crippen MR) is 67.4 cm³/mol. The van der Waals surface area contributed by atoms with Crippen molar-refractivity contribution in [3.8, 4) is 0 Å². The highest BCUT2D eigenvalue weighted by Crippen LogP contribution is 2.28. The Morgan fingerprint density at radius 3 is 2.78 bits per heavy atom. The summed E-state index contributed by atoms with van der Waals surface area (Å²) < 4.78 is 5.54. The Kier molecular flexibility index (Phi) is 3.68. The zero-order valence-corrected chi connectivity index (χ0v) is 11.3. The molecule has 0 radical (unpaired) electrons. The number of carbonyl (C=O) groups is 2. The number of carboxylic acids is 1. The normalized spacial score (nSPS) is 18.0. The number of carboxylic acid groups (broad SMARTS) is 1. The molecule has 1 aliphatic rings. The van der Waals surface area contributed by atoms with Crippen molar-refractivity contribution in [2.24, 2.45) is 0 Å². The number of nitrogens with one attached hydrogen (secondary N) is 1. The third-order valence-corrected chi connectivity index (χ3v) is 3.75. The van der Waals surface area contributed by atoms with E-state index >= 15 is 0 Å². The van der Waals surface area contributed by atoms with Gasteiger partial charge in [0.2, 0.25) is 0 Å². The Labute approximate surface area is 112 Å². The fourth-order valence-corrected chi connectivity index (χ4v) is 2.60. The van der Waals surface area contributed by atoms with Gasteiger partial charge in [0, 0.05) is 11.0 Å². The maximum absolute atomic E-state index is 11.6. The molecule has 0 fully saturated rings. The minimum absolute atomic E-state index is 0.343. The highest BCUT2D eigenvalue weighted by molar-refractivity contribution is 9.10. The molecule has 1 atom stereocenters. The Morgan fingerprint density at radius 1 is 1.44 bits per heavy atom. The molecule has 2 rings (SSSR count). The van der Waals surface area contributed by atoms with Crippen molar-refractivity contribution in [1.82, 2.24) is 5.32 Å². The van der Waals surface area contributed by atoms with Crippen molar-refractivity contribution in [3.63, 3.8) is 0 Å². The first-order valence-electron chi connectivity index (χ1n) is 5.39. The Bertz CT molecular complexity index is 515. The summed E-state index contributed by atoms with van der Waals surface area (Å²) in [6, 6.07) is 2.80. The SMILES string of the molecule is COC(=O)c1ccc(Br)c2c1CNC(C(=O)O)C2. The fraction of sp³-hybridized carbons (Fsp3) is 0.333. The van der Waals surface area contributed by atoms with Crippen molar-refractivity contribution in [2.75, 3.05) is 7.11 Å². The second-order valence-corrected chi connectivity index (χ2v) is 4.87. The smallest absolute Gasteiger partial charge is 0.338 e. The monoisotopic (exact) mass is 313 g/mol. The van der Waals surface area contributed by atoms with Gasteiger partial charge in [-0.1, -0.05) is 15.9 Å². The average Bonchev–Trinajstić information content (AvgIpc) is 2.38. The van der Waals surface area contributed by atoms with Crippen LogP contribution < -0.4 is 5.32 Å². The van der Waals surface area contributed by atoms with Crippen LogP contribution >= 0.6 is 15.9 Å². The second-order valence-electron chi connectivity index (χ2n) is 4.02. The van der Waals surface area contributed by atoms with Crippen LogP contribution in [0.2, 0.25) is 0 Å². The van der Waals surface area contributed by atoms with E-state index in [1.807, 2.05) is 0 Å². The number of esters is 1. The number of rotatable bonds is 2. The van der Waals surface area contributed by atoms with E-state index in [-0.39, 0.29) is 0 Å². The molecule has 1 unspecified atom stereocenters. The van der Waals surface area contributed by atoms with Crippen LogP contribution in [0.5, 0.6) is 0 Å². The molecule has 0 aromatic heterocycles. The summed E-state index contributed by atoms with van der Waals surface area (Å²) in [5, 5.41) is 11.9. The molecule has 0 aliphatic carbocycles. The molecular formula is C12H12BrNO4. The van der Waals surface area contributed by atoms with Gasteiger partial charge >= 0.3 is 11.9 Å². The topological polar surface area (TPSA) is 75.6 Å². The van der Waals surface area contributed by atoms with Gasteiger partial charge in [-0.2, -0.15) is 0 Å². The van der Waals surface area contributed by atoms with Gasteiger partial charge in [-0.25, -0.2) is 4.79 Å². The summed E-state index contributed by atoms with van der Waals surface area (Å²) in [5.41, 5.74) is 2.13. The largest absolute Gasteiger partial charge is 0.480 e. The lowest BCUT2D eigenvalue weighted by Gasteiger charge is -2.25. The number of hydrogen-bond acceptors (Lipinski definition) is 4. The Hall–Kier alpha value is -1.40. The van der Waals surface area contributed by atoms with Crippen molar-refractivity contribution in [2.45, 2.75) is 19.0 Å². The van der Waals surface area contributed by atoms with Gasteiger partial charge in [0.15, 0.2) is 0 Å². The van der Waals surface area contributed by atoms with Crippen LogP contribution in [-0.2, 0) is 22.5 Å². The molecule has 0 saturated carbocycles. The van der Waals surface area contributed by atoms with Crippen LogP contribution in [0, 0.1) is 0 Å². The van der Waals surface area contributed by atoms with Crippen LogP contribution in [0.4, 0.5) is 0 Å². The van der Waals surface area contributed by atoms with Crippen molar-refractivity contribution < 1.29 is 19.4 Å². The molecule has 1 aliphatic heterocycles. The first-order chi connectivity index (χ1) is 8.54. The zero-order valence-electron chi connectivity index (χ0n) is 9.70. The first-order valence-corrected chi connectivity index (χ1v) is 6.18. The number of fused-ring (bicyclic) bond motifs is 1. The molecule has 2 N–H and O–H groups in total. The molecule has 1 heterocycles. The van der Waals surface area contributed by atoms with Crippen molar-refractivity contribution in [3.05, 3.63) is 33.3 Å². The van der Waals surface area contributed by atoms with Crippen molar-refractivity contribution >= 4 is 27.9 Å². The van der Waals surface area contributed by atoms with E-state index in [9.17, 15) is 9.59 Å². The summed E-state index contributed by atoms with van der Waals surface area (Å²) in [6.07, 6.45) is 0.343. The predicted octanol–water partition coefficient (Wildman–Crippen LogP) is 1.33. The molecule has 96 valence electrons. The maximum atomic E-state index is 11.6. The summed E-state index contributed by atoms with van der Waals surface area (Å²) in [7, 11) is 1.33. The second kappa shape index (κ2) is 5.07. The third-order valence-electron chi connectivity index (χ3n) is 3.01. The lowest BCUT2D eigenvalue weighted by atomic mass is 9.92. The van der Waals surface area contributed by atoms with Crippen LogP contribution in [0.25, 0.3) is 0 Å². The van der Waals surface area contributed by atoms with Gasteiger partial charge < -0.3 is 9.84 Å². The highest BCUT2D eigenvalue weighted by atomic mass is 79.9. The summed E-state index contributed by atoms with van der Waals surface area (Å²) in [6.45, 7) is 0.343. The Morgan fingerprint density at radius 2 is 2.17 bits per heavy atom. The zero-order chi connectivity index (χ0) is 13.3. The molecule has 18 heavy (non-hydrogen) atoms. The van der Waals surface area contributed by atoms with E-state index in [0.29, 0.717) is 18.5 Å². The van der Waals surface area contributed by atoms with E-state index in [1.165, 1.54) is 7.11 Å². The number of carbonyl (C=O) groups excluding carboxylic acids is 1. The lowest BCUT2D eigenvalue weighted by Crippen LogP contribution is -2.42. The van der Waals surface area contributed by atoms with Crippen LogP contribution in [-0.4, -0.2) is 30.2 Å². The summed E-state index contributed by atoms with van der Waals surface area (Å²) >= 11 is 3.39. The Balaban J connectivity index is 2.45. The minimum Gasteiger partial charge on any atom is -0.480 e. The standard InChI is InChI=1S/C12H12BrNO4/c1-18-12(17)6-2-3-9(13)7-4-10(11(15)16)14-5-8(6)7/h2-3,10,14H,4-5H2,1H3,(H,15,16). The first kappa shape index (κ1) is 13.0. The molecular weight excluding hydrogens is 302 g/mol. The fourth-order valence-electron chi connectivity index (χ4n) is 2.06. The summed E-state index contributed by atoms with van der Waals surface area (Å²) in [5.74, 6) is -1.30.